The fraction of sp³-hybridized carbons (Fsp3) is 0.500. The minimum absolute atomic E-state index is 0.123. The molecule has 0 spiro atoms. The predicted octanol–water partition coefficient (Wildman–Crippen LogP) is 2.32. The van der Waals surface area contributed by atoms with Crippen molar-refractivity contribution in [3.8, 4) is 0 Å². The summed E-state index contributed by atoms with van der Waals surface area (Å²) in [6.07, 6.45) is 8.04. The molecule has 3 heterocycles. The first kappa shape index (κ1) is 16.6. The van der Waals surface area contributed by atoms with E-state index in [4.69, 9.17) is 0 Å². The number of H-pyrrole nitrogens is 1. The highest BCUT2D eigenvalue weighted by Crippen LogP contribution is 2.24. The molecule has 1 atom stereocenters. The van der Waals surface area contributed by atoms with Gasteiger partial charge in [-0.1, -0.05) is 19.4 Å². The zero-order chi connectivity index (χ0) is 16.8. The molecule has 1 amide bonds. The normalized spacial score (nSPS) is 16.2. The van der Waals surface area contributed by atoms with E-state index in [2.05, 4.69) is 38.4 Å². The Morgan fingerprint density at radius 1 is 1.42 bits per heavy atom. The Bertz CT molecular complexity index is 648. The number of carbonyl (C=O) groups excluding carboxylic acids is 1. The van der Waals surface area contributed by atoms with Crippen LogP contribution in [0.15, 0.2) is 30.6 Å². The molecule has 1 aliphatic rings. The van der Waals surface area contributed by atoms with Crippen LogP contribution in [-0.4, -0.2) is 45.6 Å². The number of aromatic nitrogens is 3. The van der Waals surface area contributed by atoms with Crippen molar-refractivity contribution in [1.29, 1.82) is 0 Å². The molecule has 1 saturated heterocycles. The summed E-state index contributed by atoms with van der Waals surface area (Å²) in [4.78, 5) is 19.0. The van der Waals surface area contributed by atoms with E-state index in [0.717, 1.165) is 37.2 Å². The summed E-state index contributed by atoms with van der Waals surface area (Å²) in [7, 11) is 0. The Hall–Kier alpha value is -2.21. The summed E-state index contributed by atoms with van der Waals surface area (Å²) in [6, 6.07) is 6.04. The number of nitrogens with one attached hydrogen (secondary N) is 2. The van der Waals surface area contributed by atoms with Crippen LogP contribution in [-0.2, 0) is 6.42 Å². The van der Waals surface area contributed by atoms with Gasteiger partial charge in [0.2, 0.25) is 0 Å². The first-order valence-electron chi connectivity index (χ1n) is 8.74. The predicted molar refractivity (Wildman–Crippen MR) is 92.7 cm³/mol. The van der Waals surface area contributed by atoms with Gasteiger partial charge >= 0.3 is 0 Å². The Kier molecular flexibility index (Phi) is 5.59. The summed E-state index contributed by atoms with van der Waals surface area (Å²) < 4.78 is 0. The van der Waals surface area contributed by atoms with Crippen LogP contribution >= 0.6 is 0 Å². The summed E-state index contributed by atoms with van der Waals surface area (Å²) in [5, 5.41) is 10.1. The number of amides is 1. The van der Waals surface area contributed by atoms with Crippen molar-refractivity contribution in [2.24, 2.45) is 0 Å². The SMILES string of the molecule is CCCc1cc(C(=O)NC[C@H](c2cccnc2)N2CCCC2)n[nH]1. The number of pyridine rings is 1. The minimum Gasteiger partial charge on any atom is -0.349 e. The highest BCUT2D eigenvalue weighted by Gasteiger charge is 2.24. The molecule has 2 N–H and O–H groups in total. The molecule has 0 aromatic carbocycles. The molecule has 128 valence electrons. The summed E-state index contributed by atoms with van der Waals surface area (Å²) >= 11 is 0. The highest BCUT2D eigenvalue weighted by atomic mass is 16.1. The molecular weight excluding hydrogens is 302 g/mol. The lowest BCUT2D eigenvalue weighted by molar-refractivity contribution is 0.0933. The molecule has 0 unspecified atom stereocenters. The summed E-state index contributed by atoms with van der Waals surface area (Å²) in [5.74, 6) is -0.123. The van der Waals surface area contributed by atoms with E-state index in [1.54, 1.807) is 6.20 Å². The maximum atomic E-state index is 12.4. The van der Waals surface area contributed by atoms with E-state index in [-0.39, 0.29) is 11.9 Å². The number of carbonyl (C=O) groups is 1. The first-order chi connectivity index (χ1) is 11.8. The molecule has 0 aliphatic carbocycles. The Morgan fingerprint density at radius 3 is 2.96 bits per heavy atom. The Balaban J connectivity index is 1.65. The molecule has 3 rings (SSSR count). The van der Waals surface area contributed by atoms with E-state index in [0.29, 0.717) is 12.2 Å². The van der Waals surface area contributed by atoms with Crippen molar-refractivity contribution in [3.63, 3.8) is 0 Å². The second-order valence-electron chi connectivity index (χ2n) is 6.28. The average Bonchev–Trinajstić information content (AvgIpc) is 3.28. The number of nitrogens with zero attached hydrogens (tertiary/aromatic N) is 3. The number of aromatic amines is 1. The Morgan fingerprint density at radius 2 is 2.25 bits per heavy atom. The highest BCUT2D eigenvalue weighted by molar-refractivity contribution is 5.92. The van der Waals surface area contributed by atoms with Crippen LogP contribution < -0.4 is 5.32 Å². The number of rotatable bonds is 7. The second-order valence-corrected chi connectivity index (χ2v) is 6.28. The minimum atomic E-state index is -0.123. The van der Waals surface area contributed by atoms with Gasteiger partial charge in [-0.15, -0.1) is 0 Å². The van der Waals surface area contributed by atoms with E-state index in [1.807, 2.05) is 18.3 Å². The van der Waals surface area contributed by atoms with Crippen LogP contribution in [0.5, 0.6) is 0 Å². The monoisotopic (exact) mass is 327 g/mol. The van der Waals surface area contributed by atoms with Crippen molar-refractivity contribution >= 4 is 5.91 Å². The third-order valence-corrected chi connectivity index (χ3v) is 4.49. The van der Waals surface area contributed by atoms with Gasteiger partial charge in [0.15, 0.2) is 0 Å². The topological polar surface area (TPSA) is 73.9 Å². The number of aryl methyl sites for hydroxylation is 1. The van der Waals surface area contributed by atoms with Crippen molar-refractivity contribution < 1.29 is 4.79 Å². The third kappa shape index (κ3) is 4.00. The van der Waals surface area contributed by atoms with Gasteiger partial charge < -0.3 is 5.32 Å². The average molecular weight is 327 g/mol. The molecule has 2 aromatic heterocycles. The van der Waals surface area contributed by atoms with E-state index < -0.39 is 0 Å². The van der Waals surface area contributed by atoms with Crippen LogP contribution in [0, 0.1) is 0 Å². The molecule has 1 aliphatic heterocycles. The van der Waals surface area contributed by atoms with Gasteiger partial charge in [-0.05, 0) is 50.0 Å². The number of hydrogen-bond donors (Lipinski definition) is 2. The third-order valence-electron chi connectivity index (χ3n) is 4.49. The molecule has 0 bridgehead atoms. The molecule has 24 heavy (non-hydrogen) atoms. The lowest BCUT2D eigenvalue weighted by Crippen LogP contribution is -2.37. The molecular formula is C18H25N5O. The summed E-state index contributed by atoms with van der Waals surface area (Å²) in [5.41, 5.74) is 2.62. The number of hydrogen-bond acceptors (Lipinski definition) is 4. The van der Waals surface area contributed by atoms with Gasteiger partial charge in [0, 0.05) is 24.6 Å². The largest absolute Gasteiger partial charge is 0.349 e. The summed E-state index contributed by atoms with van der Waals surface area (Å²) in [6.45, 7) is 4.81. The van der Waals surface area contributed by atoms with Crippen molar-refractivity contribution in [2.45, 2.75) is 38.6 Å². The Labute approximate surface area is 142 Å². The van der Waals surface area contributed by atoms with Gasteiger partial charge in [0.1, 0.15) is 5.69 Å². The smallest absolute Gasteiger partial charge is 0.271 e. The van der Waals surface area contributed by atoms with Crippen molar-refractivity contribution in [1.82, 2.24) is 25.4 Å². The van der Waals surface area contributed by atoms with Gasteiger partial charge in [0.05, 0.1) is 6.04 Å². The van der Waals surface area contributed by atoms with Crippen LogP contribution in [0.1, 0.15) is 54.0 Å². The molecule has 0 radical (unpaired) electrons. The molecule has 6 heteroatoms. The quantitative estimate of drug-likeness (QED) is 0.818. The maximum Gasteiger partial charge on any atom is 0.271 e. The van der Waals surface area contributed by atoms with Crippen LogP contribution in [0.2, 0.25) is 0 Å². The second kappa shape index (κ2) is 8.06. The first-order valence-corrected chi connectivity index (χ1v) is 8.74. The van der Waals surface area contributed by atoms with Gasteiger partial charge in [-0.25, -0.2) is 0 Å². The lowest BCUT2D eigenvalue weighted by Gasteiger charge is -2.27. The van der Waals surface area contributed by atoms with Crippen molar-refractivity contribution in [3.05, 3.63) is 47.5 Å². The van der Waals surface area contributed by atoms with E-state index >= 15 is 0 Å². The van der Waals surface area contributed by atoms with E-state index in [9.17, 15) is 4.79 Å². The van der Waals surface area contributed by atoms with Crippen LogP contribution in [0.4, 0.5) is 0 Å². The molecule has 0 saturated carbocycles. The molecule has 1 fully saturated rings. The van der Waals surface area contributed by atoms with Gasteiger partial charge in [0.25, 0.3) is 5.91 Å². The zero-order valence-corrected chi connectivity index (χ0v) is 14.2. The van der Waals surface area contributed by atoms with E-state index in [1.165, 1.54) is 12.8 Å². The van der Waals surface area contributed by atoms with Crippen LogP contribution in [0.25, 0.3) is 0 Å². The molecule has 6 nitrogen and oxygen atoms in total. The standard InChI is InChI=1S/C18H25N5O/c1-2-6-15-11-16(22-21-15)18(24)20-13-17(23-9-3-4-10-23)14-7-5-8-19-12-14/h5,7-8,11-12,17H,2-4,6,9-10,13H2,1H3,(H,20,24)(H,21,22)/t17-/m1/s1. The lowest BCUT2D eigenvalue weighted by atomic mass is 10.1. The fourth-order valence-electron chi connectivity index (χ4n) is 3.24. The zero-order valence-electron chi connectivity index (χ0n) is 14.2. The van der Waals surface area contributed by atoms with Crippen molar-refractivity contribution in [2.75, 3.05) is 19.6 Å². The molecule has 2 aromatic rings. The van der Waals surface area contributed by atoms with Gasteiger partial charge in [-0.2, -0.15) is 5.10 Å². The fourth-order valence-corrected chi connectivity index (χ4v) is 3.24. The number of likely N-dealkylation sites (tertiary alicyclic amines) is 1. The maximum absolute atomic E-state index is 12.4. The van der Waals surface area contributed by atoms with Crippen LogP contribution in [0.3, 0.4) is 0 Å². The van der Waals surface area contributed by atoms with Gasteiger partial charge in [-0.3, -0.25) is 19.8 Å².